The summed E-state index contributed by atoms with van der Waals surface area (Å²) in [5.41, 5.74) is 6.56. The zero-order valence-corrected chi connectivity index (χ0v) is 12.4. The number of halogens is 2. The summed E-state index contributed by atoms with van der Waals surface area (Å²) in [6.45, 7) is 4.17. The molecule has 2 heteroatoms. The van der Waals surface area contributed by atoms with Gasteiger partial charge in [-0.2, -0.15) is 0 Å². The third kappa shape index (κ3) is 2.09. The number of alkyl halides is 2. The van der Waals surface area contributed by atoms with Crippen LogP contribution in [0.1, 0.15) is 27.8 Å². The first-order valence-corrected chi connectivity index (χ1v) is 7.02. The molecule has 1 aliphatic rings. The molecular weight excluding hydrogens is 275 g/mol. The van der Waals surface area contributed by atoms with Crippen molar-refractivity contribution in [3.8, 4) is 0 Å². The van der Waals surface area contributed by atoms with Crippen LogP contribution in [0.3, 0.4) is 0 Å². The van der Waals surface area contributed by atoms with Gasteiger partial charge in [0.1, 0.15) is 0 Å². The molecule has 2 aromatic rings. The Bertz CT molecular complexity index is 661. The molecule has 0 aliphatic heterocycles. The lowest BCUT2D eigenvalue weighted by molar-refractivity contribution is 1.15. The van der Waals surface area contributed by atoms with Crippen molar-refractivity contribution < 1.29 is 0 Å². The van der Waals surface area contributed by atoms with Crippen LogP contribution in [0.5, 0.6) is 0 Å². The van der Waals surface area contributed by atoms with E-state index in [1.807, 2.05) is 24.3 Å². The van der Waals surface area contributed by atoms with E-state index >= 15 is 0 Å². The van der Waals surface area contributed by atoms with Gasteiger partial charge in [0.15, 0.2) is 4.33 Å². The van der Waals surface area contributed by atoms with Crippen molar-refractivity contribution in [2.75, 3.05) is 0 Å². The monoisotopic (exact) mass is 288 g/mol. The van der Waals surface area contributed by atoms with Crippen molar-refractivity contribution in [1.82, 2.24) is 0 Å². The zero-order chi connectivity index (χ0) is 13.6. The molecule has 0 amide bonds. The molecule has 0 heterocycles. The summed E-state index contributed by atoms with van der Waals surface area (Å²) in [7, 11) is 0. The first kappa shape index (κ1) is 12.8. The maximum atomic E-state index is 6.60. The summed E-state index contributed by atoms with van der Waals surface area (Å²) in [4.78, 5) is 0. The minimum Gasteiger partial charge on any atom is -0.0909 e. The number of rotatable bonds is 1. The maximum absolute atomic E-state index is 6.60. The molecule has 0 radical (unpaired) electrons. The zero-order valence-electron chi connectivity index (χ0n) is 10.9. The van der Waals surface area contributed by atoms with Crippen LogP contribution in [0.2, 0.25) is 0 Å². The van der Waals surface area contributed by atoms with Crippen molar-refractivity contribution in [1.29, 1.82) is 0 Å². The van der Waals surface area contributed by atoms with Crippen LogP contribution in [0, 0.1) is 13.8 Å². The molecule has 96 valence electrons. The van der Waals surface area contributed by atoms with Crippen molar-refractivity contribution in [2.24, 2.45) is 0 Å². The first-order valence-electron chi connectivity index (χ1n) is 6.26. The molecule has 0 aromatic heterocycles. The lowest BCUT2D eigenvalue weighted by Gasteiger charge is -2.20. The first-order chi connectivity index (χ1) is 8.98. The van der Waals surface area contributed by atoms with Crippen LogP contribution in [-0.2, 0) is 4.33 Å². The average Bonchev–Trinajstić information content (AvgIpc) is 2.61. The van der Waals surface area contributed by atoms with Crippen LogP contribution in [-0.4, -0.2) is 0 Å². The molecule has 2 aromatic carbocycles. The van der Waals surface area contributed by atoms with Gasteiger partial charge >= 0.3 is 0 Å². The lowest BCUT2D eigenvalue weighted by atomic mass is 9.98. The largest absolute Gasteiger partial charge is 0.169 e. The molecule has 0 nitrogen and oxygen atoms in total. The van der Waals surface area contributed by atoms with Crippen molar-refractivity contribution in [3.05, 3.63) is 70.3 Å². The molecule has 0 spiro atoms. The maximum Gasteiger partial charge on any atom is 0.169 e. The van der Waals surface area contributed by atoms with E-state index in [1.54, 1.807) is 0 Å². The smallest absolute Gasteiger partial charge is 0.0909 e. The molecule has 0 bridgehead atoms. The van der Waals surface area contributed by atoms with E-state index in [4.69, 9.17) is 23.2 Å². The second-order valence-electron chi connectivity index (χ2n) is 5.10. The van der Waals surface area contributed by atoms with Gasteiger partial charge in [0.05, 0.1) is 0 Å². The van der Waals surface area contributed by atoms with E-state index in [1.165, 1.54) is 11.1 Å². The third-order valence-electron chi connectivity index (χ3n) is 3.47. The lowest BCUT2D eigenvalue weighted by Crippen LogP contribution is -2.09. The Hall–Kier alpha value is -1.24. The van der Waals surface area contributed by atoms with Crippen molar-refractivity contribution >= 4 is 34.9 Å². The second kappa shape index (κ2) is 4.40. The van der Waals surface area contributed by atoms with E-state index in [0.717, 1.165) is 22.3 Å². The predicted octanol–water partition coefficient (Wildman–Crippen LogP) is 5.49. The minimum absolute atomic E-state index is 0.961. The summed E-state index contributed by atoms with van der Waals surface area (Å²) < 4.78 is -0.961. The van der Waals surface area contributed by atoms with Crippen LogP contribution in [0.15, 0.2) is 42.5 Å². The Kier molecular flexibility index (Phi) is 2.96. The van der Waals surface area contributed by atoms with Crippen LogP contribution >= 0.6 is 23.2 Å². The van der Waals surface area contributed by atoms with E-state index < -0.39 is 4.33 Å². The Morgan fingerprint density at radius 1 is 0.895 bits per heavy atom. The fourth-order valence-corrected chi connectivity index (χ4v) is 3.37. The fraction of sp³-hybridized carbons (Fsp3) is 0.176. The Morgan fingerprint density at radius 2 is 1.53 bits per heavy atom. The summed E-state index contributed by atoms with van der Waals surface area (Å²) >= 11 is 13.2. The Labute approximate surface area is 123 Å². The van der Waals surface area contributed by atoms with Gasteiger partial charge in [0.25, 0.3) is 0 Å². The van der Waals surface area contributed by atoms with Crippen LogP contribution in [0.25, 0.3) is 11.6 Å². The number of benzene rings is 2. The van der Waals surface area contributed by atoms with Crippen molar-refractivity contribution in [2.45, 2.75) is 18.2 Å². The standard InChI is InChI=1S/C17H14Cl2/c1-11-7-12(2)9-14(8-11)16-10-13-5-3-4-6-15(13)17(16,18)19/h3-10H,1-2H3. The Morgan fingerprint density at radius 3 is 2.16 bits per heavy atom. The molecule has 0 atom stereocenters. The highest BCUT2D eigenvalue weighted by Crippen LogP contribution is 2.52. The molecular formula is C17H14Cl2. The topological polar surface area (TPSA) is 0 Å². The molecule has 0 fully saturated rings. The molecule has 0 unspecified atom stereocenters. The minimum atomic E-state index is -0.961. The number of hydrogen-bond acceptors (Lipinski definition) is 0. The fourth-order valence-electron chi connectivity index (χ4n) is 2.69. The quantitative estimate of drug-likeness (QED) is 0.609. The third-order valence-corrected chi connectivity index (χ3v) is 4.28. The van der Waals surface area contributed by atoms with Gasteiger partial charge in [-0.25, -0.2) is 0 Å². The number of allylic oxidation sites excluding steroid dienone is 1. The van der Waals surface area contributed by atoms with E-state index in [-0.39, 0.29) is 0 Å². The van der Waals surface area contributed by atoms with Gasteiger partial charge < -0.3 is 0 Å². The van der Waals surface area contributed by atoms with Gasteiger partial charge in [-0.15, -0.1) is 0 Å². The van der Waals surface area contributed by atoms with Crippen LogP contribution < -0.4 is 0 Å². The highest BCUT2D eigenvalue weighted by Gasteiger charge is 2.38. The molecule has 0 saturated carbocycles. The average molecular weight is 289 g/mol. The molecule has 1 aliphatic carbocycles. The SMILES string of the molecule is Cc1cc(C)cc(C2=Cc3ccccc3C2(Cl)Cl)c1. The van der Waals surface area contributed by atoms with E-state index in [2.05, 4.69) is 38.1 Å². The van der Waals surface area contributed by atoms with Crippen molar-refractivity contribution in [3.63, 3.8) is 0 Å². The number of fused-ring (bicyclic) bond motifs is 1. The molecule has 0 N–H and O–H groups in total. The number of aryl methyl sites for hydroxylation is 2. The second-order valence-corrected chi connectivity index (χ2v) is 6.42. The van der Waals surface area contributed by atoms with Crippen LogP contribution in [0.4, 0.5) is 0 Å². The normalized spacial score (nSPS) is 16.1. The molecule has 0 saturated heterocycles. The summed E-state index contributed by atoms with van der Waals surface area (Å²) in [6.07, 6.45) is 2.09. The van der Waals surface area contributed by atoms with Gasteiger partial charge in [-0.1, -0.05) is 76.8 Å². The van der Waals surface area contributed by atoms with E-state index in [0.29, 0.717) is 0 Å². The highest BCUT2D eigenvalue weighted by molar-refractivity contribution is 6.55. The van der Waals surface area contributed by atoms with Gasteiger partial charge in [0.2, 0.25) is 0 Å². The highest BCUT2D eigenvalue weighted by atomic mass is 35.5. The predicted molar refractivity (Wildman–Crippen MR) is 83.6 cm³/mol. The van der Waals surface area contributed by atoms with Gasteiger partial charge in [-0.05, 0) is 36.6 Å². The van der Waals surface area contributed by atoms with E-state index in [9.17, 15) is 0 Å². The molecule has 3 rings (SSSR count). The number of hydrogen-bond donors (Lipinski definition) is 0. The molecule has 19 heavy (non-hydrogen) atoms. The summed E-state index contributed by atoms with van der Waals surface area (Å²) in [6, 6.07) is 14.4. The Balaban J connectivity index is 2.18. The van der Waals surface area contributed by atoms with Gasteiger partial charge in [-0.3, -0.25) is 0 Å². The summed E-state index contributed by atoms with van der Waals surface area (Å²) in [5.74, 6) is 0. The van der Waals surface area contributed by atoms with Gasteiger partial charge in [0, 0.05) is 5.57 Å². The summed E-state index contributed by atoms with van der Waals surface area (Å²) in [5, 5.41) is 0.